The van der Waals surface area contributed by atoms with E-state index in [0.717, 1.165) is 42.4 Å². The molecule has 0 aromatic carbocycles. The predicted molar refractivity (Wildman–Crippen MR) is 89.1 cm³/mol. The van der Waals surface area contributed by atoms with Crippen LogP contribution < -0.4 is 0 Å². The first-order chi connectivity index (χ1) is 12.5. The summed E-state index contributed by atoms with van der Waals surface area (Å²) in [6.07, 6.45) is 7.81. The lowest BCUT2D eigenvalue weighted by Gasteiger charge is -2.51. The van der Waals surface area contributed by atoms with Gasteiger partial charge in [-0.05, 0) is 67.6 Å². The fraction of sp³-hybridized carbons (Fsp3) is 0.714. The largest absolute Gasteiger partial charge is 0.458 e. The summed E-state index contributed by atoms with van der Waals surface area (Å²) >= 11 is 0. The number of cyclic esters (lactones) is 1. The summed E-state index contributed by atoms with van der Waals surface area (Å²) in [4.78, 5) is 25.5. The molecule has 0 amide bonds. The van der Waals surface area contributed by atoms with Gasteiger partial charge in [0.25, 0.3) is 0 Å². The number of fused-ring (bicyclic) bond motifs is 2. The highest BCUT2D eigenvalue weighted by Crippen LogP contribution is 2.77. The summed E-state index contributed by atoms with van der Waals surface area (Å²) in [7, 11) is 0. The van der Waals surface area contributed by atoms with Crippen LogP contribution in [0.4, 0.5) is 0 Å². The molecule has 4 aliphatic carbocycles. The normalized spacial score (nSPS) is 53.0. The van der Waals surface area contributed by atoms with Crippen molar-refractivity contribution in [1.82, 2.24) is 0 Å². The van der Waals surface area contributed by atoms with Gasteiger partial charge >= 0.3 is 5.97 Å². The van der Waals surface area contributed by atoms with Crippen LogP contribution in [0.5, 0.6) is 0 Å². The fourth-order valence-electron chi connectivity index (χ4n) is 6.92. The van der Waals surface area contributed by atoms with Crippen molar-refractivity contribution in [3.8, 4) is 0 Å². The van der Waals surface area contributed by atoms with Gasteiger partial charge in [-0.3, -0.25) is 4.79 Å². The lowest BCUT2D eigenvalue weighted by Crippen LogP contribution is -2.63. The van der Waals surface area contributed by atoms with E-state index in [1.54, 1.807) is 0 Å². The quantitative estimate of drug-likeness (QED) is 0.562. The average molecular weight is 354 g/mol. The molecule has 0 radical (unpaired) electrons. The van der Waals surface area contributed by atoms with E-state index in [2.05, 4.69) is 13.0 Å². The third kappa shape index (κ3) is 1.33. The molecule has 3 heterocycles. The fourth-order valence-corrected chi connectivity index (χ4v) is 6.92. The number of hydrogen-bond acceptors (Lipinski definition) is 5. The van der Waals surface area contributed by atoms with Gasteiger partial charge in [-0.2, -0.15) is 0 Å². The lowest BCUT2D eigenvalue weighted by molar-refractivity contribution is -0.136. The molecule has 0 aromatic heterocycles. The van der Waals surface area contributed by atoms with Crippen molar-refractivity contribution in [3.63, 3.8) is 0 Å². The van der Waals surface area contributed by atoms with Crippen molar-refractivity contribution < 1.29 is 23.8 Å². The topological polar surface area (TPSA) is 68.4 Å². The zero-order chi connectivity index (χ0) is 17.5. The van der Waals surface area contributed by atoms with Gasteiger partial charge < -0.3 is 14.2 Å². The first-order valence-electron chi connectivity index (χ1n) is 10.0. The van der Waals surface area contributed by atoms with Crippen LogP contribution in [0.15, 0.2) is 22.8 Å². The minimum Gasteiger partial charge on any atom is -0.458 e. The number of carbonyl (C=O) groups is 2. The van der Waals surface area contributed by atoms with Crippen molar-refractivity contribution in [2.24, 2.45) is 17.3 Å². The van der Waals surface area contributed by atoms with Gasteiger partial charge in [0.2, 0.25) is 0 Å². The van der Waals surface area contributed by atoms with Crippen molar-refractivity contribution in [2.75, 3.05) is 6.61 Å². The Labute approximate surface area is 151 Å². The lowest BCUT2D eigenvalue weighted by atomic mass is 9.48. The predicted octanol–water partition coefficient (Wildman–Crippen LogP) is 2.24. The van der Waals surface area contributed by atoms with E-state index < -0.39 is 11.2 Å². The minimum atomic E-state index is -0.747. The van der Waals surface area contributed by atoms with Gasteiger partial charge in [-0.25, -0.2) is 4.79 Å². The van der Waals surface area contributed by atoms with Gasteiger partial charge in [-0.1, -0.05) is 6.92 Å². The minimum absolute atomic E-state index is 0.00748. The van der Waals surface area contributed by atoms with Crippen molar-refractivity contribution in [2.45, 2.75) is 68.9 Å². The second-order valence-electron chi connectivity index (χ2n) is 9.57. The molecule has 5 heteroatoms. The maximum Gasteiger partial charge on any atom is 0.334 e. The van der Waals surface area contributed by atoms with Crippen LogP contribution >= 0.6 is 0 Å². The van der Waals surface area contributed by atoms with Gasteiger partial charge in [0, 0.05) is 11.0 Å². The van der Waals surface area contributed by atoms with Crippen molar-refractivity contribution >= 4 is 11.8 Å². The van der Waals surface area contributed by atoms with Crippen LogP contribution in [0, 0.1) is 17.3 Å². The Hall–Kier alpha value is -1.46. The third-order valence-electron chi connectivity index (χ3n) is 8.49. The number of hydrogen-bond donors (Lipinski definition) is 0. The van der Waals surface area contributed by atoms with Crippen LogP contribution in [-0.2, 0) is 23.8 Å². The van der Waals surface area contributed by atoms with Gasteiger partial charge in [0.15, 0.2) is 11.4 Å². The molecule has 3 aliphatic heterocycles. The Balaban J connectivity index is 1.35. The number of epoxide rings is 2. The Kier molecular flexibility index (Phi) is 2.25. The Morgan fingerprint density at radius 3 is 2.88 bits per heavy atom. The molecule has 136 valence electrons. The summed E-state index contributed by atoms with van der Waals surface area (Å²) in [5, 5.41) is 0. The monoisotopic (exact) mass is 354 g/mol. The summed E-state index contributed by atoms with van der Waals surface area (Å²) < 4.78 is 18.0. The van der Waals surface area contributed by atoms with Crippen molar-refractivity contribution in [1.29, 1.82) is 0 Å². The zero-order valence-corrected chi connectivity index (χ0v) is 14.9. The smallest absolute Gasteiger partial charge is 0.334 e. The molecule has 26 heavy (non-hydrogen) atoms. The summed E-state index contributed by atoms with van der Waals surface area (Å²) in [6.45, 7) is 2.67. The molecule has 1 unspecified atom stereocenters. The molecule has 2 saturated heterocycles. The molecule has 6 atom stereocenters. The number of esters is 1. The number of ether oxygens (including phenoxy) is 3. The Morgan fingerprint density at radius 2 is 2.08 bits per heavy atom. The summed E-state index contributed by atoms with van der Waals surface area (Å²) in [6, 6.07) is 0. The van der Waals surface area contributed by atoms with Crippen LogP contribution in [0.25, 0.3) is 0 Å². The van der Waals surface area contributed by atoms with E-state index in [4.69, 9.17) is 14.2 Å². The van der Waals surface area contributed by atoms with E-state index in [9.17, 15) is 9.59 Å². The molecule has 2 saturated carbocycles. The zero-order valence-electron chi connectivity index (χ0n) is 14.9. The maximum atomic E-state index is 13.5. The second-order valence-corrected chi connectivity index (χ2v) is 9.57. The highest BCUT2D eigenvalue weighted by Gasteiger charge is 2.92. The Bertz CT molecular complexity index is 866. The molecule has 4 fully saturated rings. The first kappa shape index (κ1) is 14.6. The molecule has 0 N–H and O–H groups in total. The molecule has 0 aromatic rings. The van der Waals surface area contributed by atoms with E-state index >= 15 is 0 Å². The standard InChI is InChI=1S/C21H22O5/c1-19-5-4-12-13(9-24-18(12)23)14(19)8-15-20(25-15)17(22)11(6-10-2-3-10)7-16-21(19,20)26-16/h7,10,14-16H,2-6,8-9H2,1H3/t14?,15-,16-,19-,20+,21+/m0/s1. The Morgan fingerprint density at radius 1 is 1.23 bits per heavy atom. The maximum absolute atomic E-state index is 13.5. The van der Waals surface area contributed by atoms with Gasteiger partial charge in [0.05, 0.1) is 6.10 Å². The van der Waals surface area contributed by atoms with Gasteiger partial charge in [0.1, 0.15) is 18.3 Å². The molecule has 5 nitrogen and oxygen atoms in total. The van der Waals surface area contributed by atoms with Crippen molar-refractivity contribution in [3.05, 3.63) is 22.8 Å². The first-order valence-corrected chi connectivity index (χ1v) is 10.0. The van der Waals surface area contributed by atoms with E-state index in [1.807, 2.05) is 0 Å². The number of Topliss-reactive ketones (excluding diaryl/α,β-unsaturated/α-hetero) is 1. The molecule has 0 bridgehead atoms. The van der Waals surface area contributed by atoms with E-state index in [-0.39, 0.29) is 35.3 Å². The molecular formula is C21H22O5. The van der Waals surface area contributed by atoms with E-state index in [0.29, 0.717) is 12.5 Å². The molecule has 7 rings (SSSR count). The SMILES string of the molecule is C[C@]12CCC3=C(COC3=O)C1C[C@@H]1O[C@@]13C(=O)C(CC1CC1)=C[C@@H]1O[C@]123. The van der Waals surface area contributed by atoms with Crippen LogP contribution in [0.3, 0.4) is 0 Å². The van der Waals surface area contributed by atoms with Crippen LogP contribution in [-0.4, -0.2) is 41.8 Å². The highest BCUT2D eigenvalue weighted by molar-refractivity contribution is 6.08. The number of ketones is 1. The summed E-state index contributed by atoms with van der Waals surface area (Å²) in [5.41, 5.74) is 1.53. The molecule has 2 spiro atoms. The second kappa shape index (κ2) is 4.02. The molecule has 7 aliphatic rings. The highest BCUT2D eigenvalue weighted by atomic mass is 16.7. The third-order valence-corrected chi connectivity index (χ3v) is 8.49. The average Bonchev–Trinajstić information content (AvgIpc) is 3.50. The number of carbonyl (C=O) groups excluding carboxylic acids is 2. The van der Waals surface area contributed by atoms with Gasteiger partial charge in [-0.15, -0.1) is 0 Å². The summed E-state index contributed by atoms with van der Waals surface area (Å²) in [5.74, 6) is 0.949. The van der Waals surface area contributed by atoms with Crippen LogP contribution in [0.2, 0.25) is 0 Å². The van der Waals surface area contributed by atoms with Crippen LogP contribution in [0.1, 0.15) is 45.4 Å². The number of rotatable bonds is 2. The van der Waals surface area contributed by atoms with E-state index in [1.165, 1.54) is 12.8 Å². The molecular weight excluding hydrogens is 332 g/mol.